The molecule has 1 aromatic carbocycles. The van der Waals surface area contributed by atoms with Gasteiger partial charge < -0.3 is 15.5 Å². The van der Waals surface area contributed by atoms with Crippen LogP contribution in [0, 0.1) is 11.2 Å². The number of carbonyl (C=O) groups excluding carboxylic acids is 2. The predicted molar refractivity (Wildman–Crippen MR) is 121 cm³/mol. The van der Waals surface area contributed by atoms with E-state index >= 15 is 0 Å². The molecule has 31 heavy (non-hydrogen) atoms. The van der Waals surface area contributed by atoms with Crippen molar-refractivity contribution in [2.24, 2.45) is 5.41 Å². The average Bonchev–Trinajstić information content (AvgIpc) is 2.69. The summed E-state index contributed by atoms with van der Waals surface area (Å²) in [7, 11) is 0. The molecule has 0 bridgehead atoms. The van der Waals surface area contributed by atoms with Gasteiger partial charge in [0.15, 0.2) is 0 Å². The maximum absolute atomic E-state index is 14.3. The lowest BCUT2D eigenvalue weighted by atomic mass is 9.63. The minimum Gasteiger partial charge on any atom is -0.348 e. The highest BCUT2D eigenvalue weighted by Gasteiger charge is 2.42. The van der Waals surface area contributed by atoms with Crippen LogP contribution in [-0.2, 0) is 15.0 Å². The van der Waals surface area contributed by atoms with E-state index in [1.807, 2.05) is 6.07 Å². The highest BCUT2D eigenvalue weighted by atomic mass is 19.1. The number of halogens is 1. The fraction of sp³-hybridized carbons (Fsp3) is 0.680. The minimum absolute atomic E-state index is 0.0137. The van der Waals surface area contributed by atoms with Crippen LogP contribution >= 0.6 is 0 Å². The number of nitrogens with zero attached hydrogens (tertiary/aromatic N) is 1. The quantitative estimate of drug-likeness (QED) is 0.739. The maximum atomic E-state index is 14.3. The van der Waals surface area contributed by atoms with E-state index in [1.165, 1.54) is 19.4 Å². The van der Waals surface area contributed by atoms with Gasteiger partial charge in [-0.3, -0.25) is 9.59 Å². The number of carbonyl (C=O) groups is 2. The highest BCUT2D eigenvalue weighted by Crippen LogP contribution is 2.48. The molecule has 5 nitrogen and oxygen atoms in total. The summed E-state index contributed by atoms with van der Waals surface area (Å²) in [5.41, 5.74) is 2.40. The first kappa shape index (κ1) is 23.7. The Morgan fingerprint density at radius 3 is 2.52 bits per heavy atom. The van der Waals surface area contributed by atoms with Crippen LogP contribution in [-0.4, -0.2) is 42.4 Å². The molecule has 2 atom stereocenters. The van der Waals surface area contributed by atoms with Gasteiger partial charge in [-0.1, -0.05) is 26.8 Å². The van der Waals surface area contributed by atoms with Crippen molar-refractivity contribution in [2.45, 2.75) is 84.2 Å². The number of rotatable bonds is 5. The van der Waals surface area contributed by atoms with Gasteiger partial charge in [0.1, 0.15) is 11.9 Å². The van der Waals surface area contributed by atoms with Crippen LogP contribution in [0.4, 0.5) is 4.39 Å². The molecule has 0 aromatic heterocycles. The van der Waals surface area contributed by atoms with Crippen LogP contribution in [0.1, 0.15) is 83.9 Å². The smallest absolute Gasteiger partial charge is 0.242 e. The highest BCUT2D eigenvalue weighted by molar-refractivity contribution is 5.86. The molecule has 1 aliphatic heterocycles. The number of likely N-dealkylation sites (tertiary alicyclic amines) is 1. The molecular formula is C25H38FN3O2. The molecule has 172 valence electrons. The van der Waals surface area contributed by atoms with Crippen LogP contribution in [0.15, 0.2) is 18.2 Å². The van der Waals surface area contributed by atoms with Crippen LogP contribution in [0.2, 0.25) is 0 Å². The van der Waals surface area contributed by atoms with Crippen molar-refractivity contribution in [3.05, 3.63) is 35.1 Å². The lowest BCUT2D eigenvalue weighted by Gasteiger charge is -2.47. The van der Waals surface area contributed by atoms with E-state index in [1.54, 1.807) is 13.0 Å². The summed E-state index contributed by atoms with van der Waals surface area (Å²) in [4.78, 5) is 26.4. The lowest BCUT2D eigenvalue weighted by molar-refractivity contribution is -0.128. The van der Waals surface area contributed by atoms with Crippen molar-refractivity contribution < 1.29 is 14.0 Å². The fourth-order valence-electron chi connectivity index (χ4n) is 5.04. The van der Waals surface area contributed by atoms with Gasteiger partial charge in [0, 0.05) is 6.92 Å². The Hall–Kier alpha value is -1.95. The van der Waals surface area contributed by atoms with Crippen molar-refractivity contribution >= 4 is 11.8 Å². The molecule has 2 aliphatic rings. The summed E-state index contributed by atoms with van der Waals surface area (Å²) in [6.45, 7) is 13.1. The summed E-state index contributed by atoms with van der Waals surface area (Å²) in [6, 6.07) is 4.28. The van der Waals surface area contributed by atoms with E-state index in [0.29, 0.717) is 5.41 Å². The Bertz CT molecular complexity index is 809. The molecule has 3 rings (SSSR count). The van der Waals surface area contributed by atoms with Gasteiger partial charge in [-0.15, -0.1) is 0 Å². The van der Waals surface area contributed by atoms with Gasteiger partial charge >= 0.3 is 0 Å². The van der Waals surface area contributed by atoms with Gasteiger partial charge in [-0.25, -0.2) is 4.39 Å². The number of nitrogens with one attached hydrogen (secondary N) is 2. The first-order valence-electron chi connectivity index (χ1n) is 11.6. The lowest BCUT2D eigenvalue weighted by Crippen LogP contribution is -2.49. The third-order valence-electron chi connectivity index (χ3n) is 6.99. The second-order valence-electron chi connectivity index (χ2n) is 10.7. The van der Waals surface area contributed by atoms with Gasteiger partial charge in [0.05, 0.1) is 6.04 Å². The molecule has 1 aliphatic carbocycles. The van der Waals surface area contributed by atoms with Crippen LogP contribution < -0.4 is 10.6 Å². The molecule has 1 fully saturated rings. The number of piperidine rings is 1. The number of benzene rings is 1. The molecule has 0 unspecified atom stereocenters. The second-order valence-corrected chi connectivity index (χ2v) is 10.7. The zero-order valence-corrected chi connectivity index (χ0v) is 19.7. The molecule has 6 heteroatoms. The Labute approximate surface area is 186 Å². The zero-order valence-electron chi connectivity index (χ0n) is 19.7. The molecule has 2 N–H and O–H groups in total. The molecule has 1 saturated heterocycles. The Morgan fingerprint density at radius 1 is 1.23 bits per heavy atom. The van der Waals surface area contributed by atoms with E-state index in [0.717, 1.165) is 56.4 Å². The van der Waals surface area contributed by atoms with Crippen LogP contribution in [0.25, 0.3) is 0 Å². The third-order valence-corrected chi connectivity index (χ3v) is 6.99. The van der Waals surface area contributed by atoms with Crippen LogP contribution in [0.3, 0.4) is 0 Å². The van der Waals surface area contributed by atoms with Gasteiger partial charge in [-0.2, -0.15) is 0 Å². The first-order valence-corrected chi connectivity index (χ1v) is 11.6. The van der Waals surface area contributed by atoms with E-state index < -0.39 is 6.04 Å². The normalized spacial score (nSPS) is 21.9. The van der Waals surface area contributed by atoms with E-state index in [-0.39, 0.29) is 29.1 Å². The van der Waals surface area contributed by atoms with E-state index in [9.17, 15) is 14.0 Å². The predicted octanol–water partition coefficient (Wildman–Crippen LogP) is 4.07. The summed E-state index contributed by atoms with van der Waals surface area (Å²) in [5, 5.41) is 5.71. The molecule has 0 radical (unpaired) electrons. The summed E-state index contributed by atoms with van der Waals surface area (Å²) < 4.78 is 14.3. The first-order chi connectivity index (χ1) is 14.5. The van der Waals surface area contributed by atoms with Crippen LogP contribution in [0.5, 0.6) is 0 Å². The van der Waals surface area contributed by atoms with Crippen molar-refractivity contribution in [3.8, 4) is 0 Å². The fourth-order valence-corrected chi connectivity index (χ4v) is 5.04. The zero-order chi connectivity index (χ0) is 22.8. The van der Waals surface area contributed by atoms with E-state index in [2.05, 4.69) is 36.3 Å². The van der Waals surface area contributed by atoms with Gasteiger partial charge in [-0.05, 0) is 92.8 Å². The summed E-state index contributed by atoms with van der Waals surface area (Å²) in [5.74, 6) is -0.652. The van der Waals surface area contributed by atoms with Gasteiger partial charge in [0.25, 0.3) is 0 Å². The Balaban J connectivity index is 1.74. The van der Waals surface area contributed by atoms with Crippen molar-refractivity contribution in [3.63, 3.8) is 0 Å². The largest absolute Gasteiger partial charge is 0.348 e. The average molecular weight is 432 g/mol. The van der Waals surface area contributed by atoms with Crippen molar-refractivity contribution in [1.29, 1.82) is 0 Å². The Morgan fingerprint density at radius 2 is 1.90 bits per heavy atom. The SMILES string of the molecule is CC(=O)N[C@@H](C)C(=O)N[C@H]1CCC2(CCN(CCC(C)(C)C)CC2)c2cc(F)ccc21. The monoisotopic (exact) mass is 431 g/mol. The molecular weight excluding hydrogens is 393 g/mol. The summed E-state index contributed by atoms with van der Waals surface area (Å²) in [6.07, 6.45) is 4.99. The number of fused-ring (bicyclic) bond motifs is 2. The standard InChI is InChI=1S/C25H38FN3O2/c1-17(27-18(2)30)23(31)28-22-8-9-25(21-16-19(26)6-7-20(21)22)11-14-29(15-12-25)13-10-24(3,4)5/h6-7,16-17,22H,8-15H2,1-5H3,(H,27,30)(H,28,31)/t17-,22-/m0/s1. The Kier molecular flexibility index (Phi) is 7.09. The maximum Gasteiger partial charge on any atom is 0.242 e. The minimum atomic E-state index is -0.594. The molecule has 2 amide bonds. The number of hydrogen-bond donors (Lipinski definition) is 2. The molecule has 1 aromatic rings. The third kappa shape index (κ3) is 5.85. The summed E-state index contributed by atoms with van der Waals surface area (Å²) >= 11 is 0. The van der Waals surface area contributed by atoms with Gasteiger partial charge in [0.2, 0.25) is 11.8 Å². The van der Waals surface area contributed by atoms with E-state index in [4.69, 9.17) is 0 Å². The molecule has 0 saturated carbocycles. The number of hydrogen-bond acceptors (Lipinski definition) is 3. The topological polar surface area (TPSA) is 61.4 Å². The second kappa shape index (κ2) is 9.27. The molecule has 1 heterocycles. The van der Waals surface area contributed by atoms with Crippen molar-refractivity contribution in [1.82, 2.24) is 15.5 Å². The number of amides is 2. The van der Waals surface area contributed by atoms with Crippen molar-refractivity contribution in [2.75, 3.05) is 19.6 Å². The molecule has 1 spiro atoms.